The molecule has 4 nitrogen and oxygen atoms in total. The van der Waals surface area contributed by atoms with E-state index in [4.69, 9.17) is 9.47 Å². The van der Waals surface area contributed by atoms with E-state index in [0.717, 1.165) is 45.1 Å². The summed E-state index contributed by atoms with van der Waals surface area (Å²) < 4.78 is 11.9. The zero-order chi connectivity index (χ0) is 17.2. The SMILES string of the molecule is C[C@]12CC=C3C4=C(CC[C@H]3[C@@H]1CC[C@]2(O)C#N)CC1OCCOC1C4. The average Bonchev–Trinajstić information content (AvgIpc) is 2.92. The molecule has 5 aliphatic rings. The zero-order valence-corrected chi connectivity index (χ0v) is 15.0. The van der Waals surface area contributed by atoms with Gasteiger partial charge in [-0.3, -0.25) is 0 Å². The van der Waals surface area contributed by atoms with E-state index in [1.165, 1.54) is 11.1 Å². The molecular weight excluding hydrogens is 314 g/mol. The summed E-state index contributed by atoms with van der Waals surface area (Å²) in [4.78, 5) is 0. The third-order valence-corrected chi connectivity index (χ3v) is 7.94. The van der Waals surface area contributed by atoms with Crippen molar-refractivity contribution >= 4 is 0 Å². The van der Waals surface area contributed by atoms with Crippen LogP contribution in [0.1, 0.15) is 51.9 Å². The average molecular weight is 341 g/mol. The Morgan fingerprint density at radius 2 is 1.96 bits per heavy atom. The van der Waals surface area contributed by atoms with E-state index in [1.54, 1.807) is 5.57 Å². The lowest BCUT2D eigenvalue weighted by atomic mass is 9.56. The van der Waals surface area contributed by atoms with Crippen molar-refractivity contribution in [3.8, 4) is 6.07 Å². The fraction of sp³-hybridized carbons (Fsp3) is 0.762. The standard InChI is InChI=1S/C21H27NO3/c1-20-6-4-14-15(17(20)5-7-21(20,23)12-22)3-2-13-10-18-19(11-16(13)14)25-9-8-24-18/h4,15,17-19,23H,2-3,5-11H2,1H3/t15-,17+,18?,19?,20+,21+/m1/s1. The number of ether oxygens (including phenoxy) is 2. The summed E-state index contributed by atoms with van der Waals surface area (Å²) in [6, 6.07) is 2.25. The van der Waals surface area contributed by atoms with Crippen LogP contribution in [-0.2, 0) is 9.47 Å². The first-order chi connectivity index (χ1) is 12.1. The molecule has 4 aliphatic carbocycles. The first kappa shape index (κ1) is 16.1. The van der Waals surface area contributed by atoms with Crippen LogP contribution in [0.25, 0.3) is 0 Å². The predicted molar refractivity (Wildman–Crippen MR) is 92.6 cm³/mol. The van der Waals surface area contributed by atoms with Gasteiger partial charge in [0.2, 0.25) is 0 Å². The maximum atomic E-state index is 10.9. The van der Waals surface area contributed by atoms with Crippen molar-refractivity contribution in [3.05, 3.63) is 22.8 Å². The number of nitrogens with zero attached hydrogens (tertiary/aromatic N) is 1. The topological polar surface area (TPSA) is 62.5 Å². The molecule has 1 aliphatic heterocycles. The number of nitriles is 1. The highest BCUT2D eigenvalue weighted by Gasteiger charge is 2.60. The van der Waals surface area contributed by atoms with Crippen molar-refractivity contribution in [2.24, 2.45) is 17.3 Å². The van der Waals surface area contributed by atoms with Crippen molar-refractivity contribution in [2.45, 2.75) is 69.7 Å². The Labute approximate surface area is 149 Å². The smallest absolute Gasteiger partial charge is 0.156 e. The highest BCUT2D eigenvalue weighted by Crippen LogP contribution is 2.62. The highest BCUT2D eigenvalue weighted by molar-refractivity contribution is 5.45. The molecule has 134 valence electrons. The van der Waals surface area contributed by atoms with Gasteiger partial charge in [0, 0.05) is 11.8 Å². The lowest BCUT2D eigenvalue weighted by Gasteiger charge is -2.49. The molecule has 1 N–H and O–H groups in total. The highest BCUT2D eigenvalue weighted by atomic mass is 16.6. The van der Waals surface area contributed by atoms with E-state index < -0.39 is 5.60 Å². The Hall–Kier alpha value is -1.15. The monoisotopic (exact) mass is 341 g/mol. The van der Waals surface area contributed by atoms with E-state index in [9.17, 15) is 10.4 Å². The van der Waals surface area contributed by atoms with Crippen LogP contribution >= 0.6 is 0 Å². The number of allylic oxidation sites excluding steroid dienone is 2. The van der Waals surface area contributed by atoms with Crippen molar-refractivity contribution in [2.75, 3.05) is 13.2 Å². The zero-order valence-electron chi connectivity index (χ0n) is 15.0. The first-order valence-corrected chi connectivity index (χ1v) is 9.84. The van der Waals surface area contributed by atoms with Gasteiger partial charge >= 0.3 is 0 Å². The van der Waals surface area contributed by atoms with Crippen molar-refractivity contribution in [3.63, 3.8) is 0 Å². The summed E-state index contributed by atoms with van der Waals surface area (Å²) in [5.41, 5.74) is 3.16. The lowest BCUT2D eigenvalue weighted by molar-refractivity contribution is -0.142. The van der Waals surface area contributed by atoms with Gasteiger partial charge in [0.05, 0.1) is 31.5 Å². The van der Waals surface area contributed by atoms with Crippen molar-refractivity contribution in [1.82, 2.24) is 0 Å². The molecule has 2 fully saturated rings. The van der Waals surface area contributed by atoms with Gasteiger partial charge in [0.15, 0.2) is 5.60 Å². The van der Waals surface area contributed by atoms with Crippen LogP contribution in [0.2, 0.25) is 0 Å². The van der Waals surface area contributed by atoms with Gasteiger partial charge < -0.3 is 14.6 Å². The first-order valence-electron chi connectivity index (χ1n) is 9.84. The Morgan fingerprint density at radius 3 is 2.72 bits per heavy atom. The van der Waals surface area contributed by atoms with Crippen molar-refractivity contribution < 1.29 is 14.6 Å². The Bertz CT molecular complexity index is 704. The molecule has 1 saturated heterocycles. The second kappa shape index (κ2) is 5.42. The third-order valence-electron chi connectivity index (χ3n) is 7.94. The second-order valence-electron chi connectivity index (χ2n) is 8.85. The summed E-state index contributed by atoms with van der Waals surface area (Å²) in [5, 5.41) is 20.5. The molecular formula is C21H27NO3. The summed E-state index contributed by atoms with van der Waals surface area (Å²) in [6.45, 7) is 3.57. The molecule has 0 spiro atoms. The maximum absolute atomic E-state index is 10.9. The van der Waals surface area contributed by atoms with Gasteiger partial charge in [-0.1, -0.05) is 18.6 Å². The number of hydrogen-bond acceptors (Lipinski definition) is 4. The van der Waals surface area contributed by atoms with Crippen LogP contribution in [0.5, 0.6) is 0 Å². The maximum Gasteiger partial charge on any atom is 0.156 e. The number of hydrogen-bond donors (Lipinski definition) is 1. The Morgan fingerprint density at radius 1 is 1.20 bits per heavy atom. The van der Waals surface area contributed by atoms with Crippen LogP contribution in [-0.4, -0.2) is 36.1 Å². The quantitative estimate of drug-likeness (QED) is 0.687. The molecule has 0 aromatic heterocycles. The molecule has 0 aromatic carbocycles. The number of rotatable bonds is 0. The summed E-state index contributed by atoms with van der Waals surface area (Å²) in [7, 11) is 0. The molecule has 2 unspecified atom stereocenters. The van der Waals surface area contributed by atoms with E-state index in [2.05, 4.69) is 19.1 Å². The van der Waals surface area contributed by atoms with Gasteiger partial charge in [-0.15, -0.1) is 0 Å². The largest absolute Gasteiger partial charge is 0.375 e. The Kier molecular flexibility index (Phi) is 3.48. The van der Waals surface area contributed by atoms with Gasteiger partial charge in [-0.05, 0) is 61.5 Å². The summed E-state index contributed by atoms with van der Waals surface area (Å²) >= 11 is 0. The van der Waals surface area contributed by atoms with E-state index in [0.29, 0.717) is 24.9 Å². The Balaban J connectivity index is 1.50. The second-order valence-corrected chi connectivity index (χ2v) is 8.85. The fourth-order valence-electron chi connectivity index (χ4n) is 6.43. The van der Waals surface area contributed by atoms with Gasteiger partial charge in [-0.2, -0.15) is 5.26 Å². The predicted octanol–water partition coefficient (Wildman–Crippen LogP) is 3.27. The lowest BCUT2D eigenvalue weighted by Crippen LogP contribution is -2.49. The molecule has 4 heteroatoms. The van der Waals surface area contributed by atoms with Crippen molar-refractivity contribution in [1.29, 1.82) is 5.26 Å². The minimum Gasteiger partial charge on any atom is -0.375 e. The van der Waals surface area contributed by atoms with Crippen LogP contribution in [0, 0.1) is 28.6 Å². The van der Waals surface area contributed by atoms with Gasteiger partial charge in [0.1, 0.15) is 0 Å². The molecule has 0 amide bonds. The molecule has 0 bridgehead atoms. The molecule has 1 heterocycles. The number of aliphatic hydroxyl groups is 1. The van der Waals surface area contributed by atoms with E-state index >= 15 is 0 Å². The van der Waals surface area contributed by atoms with Crippen LogP contribution < -0.4 is 0 Å². The molecule has 0 aromatic rings. The minimum atomic E-state index is -1.16. The minimum absolute atomic E-state index is 0.208. The van der Waals surface area contributed by atoms with Crippen LogP contribution in [0.15, 0.2) is 22.8 Å². The molecule has 25 heavy (non-hydrogen) atoms. The molecule has 6 atom stereocenters. The third kappa shape index (κ3) is 2.10. The van der Waals surface area contributed by atoms with Crippen LogP contribution in [0.3, 0.4) is 0 Å². The summed E-state index contributed by atoms with van der Waals surface area (Å²) in [5.74, 6) is 0.924. The van der Waals surface area contributed by atoms with Gasteiger partial charge in [-0.25, -0.2) is 0 Å². The molecule has 1 saturated carbocycles. The molecule has 5 rings (SSSR count). The fourth-order valence-corrected chi connectivity index (χ4v) is 6.43. The van der Waals surface area contributed by atoms with Gasteiger partial charge in [0.25, 0.3) is 0 Å². The molecule has 0 radical (unpaired) electrons. The number of fused-ring (bicyclic) bond motifs is 5. The van der Waals surface area contributed by atoms with Crippen LogP contribution in [0.4, 0.5) is 0 Å². The normalized spacial score (nSPS) is 48.6. The summed E-state index contributed by atoms with van der Waals surface area (Å²) in [6.07, 6.45) is 9.51. The van der Waals surface area contributed by atoms with E-state index in [1.807, 2.05) is 0 Å². The van der Waals surface area contributed by atoms with E-state index in [-0.39, 0.29) is 17.6 Å².